The highest BCUT2D eigenvalue weighted by molar-refractivity contribution is 4.73. The minimum absolute atomic E-state index is 0.369. The quantitative estimate of drug-likeness (QED) is 0.567. The Morgan fingerprint density at radius 1 is 1.16 bits per heavy atom. The summed E-state index contributed by atoms with van der Waals surface area (Å²) in [4.78, 5) is 2.53. The number of likely N-dealkylation sites (tertiary alicyclic amines) is 1. The summed E-state index contributed by atoms with van der Waals surface area (Å²) in [7, 11) is 1.64. The summed E-state index contributed by atoms with van der Waals surface area (Å²) < 4.78 is 10.2. The number of hydrogen-bond acceptors (Lipinski definition) is 5. The van der Waals surface area contributed by atoms with E-state index in [1.807, 2.05) is 0 Å². The van der Waals surface area contributed by atoms with Crippen LogP contribution in [0.5, 0.6) is 0 Å². The van der Waals surface area contributed by atoms with E-state index < -0.39 is 6.10 Å². The highest BCUT2D eigenvalue weighted by atomic mass is 16.5. The topological polar surface area (TPSA) is 54.0 Å². The lowest BCUT2D eigenvalue weighted by molar-refractivity contribution is 0.0132. The van der Waals surface area contributed by atoms with Crippen molar-refractivity contribution in [3.63, 3.8) is 0 Å². The molecule has 0 radical (unpaired) electrons. The Balaban J connectivity index is 1.98. The van der Waals surface area contributed by atoms with Crippen LogP contribution in [0.15, 0.2) is 0 Å². The van der Waals surface area contributed by atoms with Crippen molar-refractivity contribution in [1.29, 1.82) is 0 Å². The van der Waals surface area contributed by atoms with Crippen molar-refractivity contribution in [2.75, 3.05) is 53.1 Å². The van der Waals surface area contributed by atoms with Crippen molar-refractivity contribution < 1.29 is 14.6 Å². The van der Waals surface area contributed by atoms with Gasteiger partial charge in [-0.2, -0.15) is 0 Å². The molecule has 5 heteroatoms. The lowest BCUT2D eigenvalue weighted by Gasteiger charge is -2.32. The van der Waals surface area contributed by atoms with E-state index in [1.165, 1.54) is 32.4 Å². The maximum atomic E-state index is 9.73. The second-order valence-electron chi connectivity index (χ2n) is 5.33. The van der Waals surface area contributed by atoms with E-state index in [2.05, 4.69) is 17.1 Å². The third-order valence-electron chi connectivity index (χ3n) is 3.58. The molecular formula is C14H30N2O3. The Kier molecular flexibility index (Phi) is 9.38. The van der Waals surface area contributed by atoms with Crippen LogP contribution in [0.3, 0.4) is 0 Å². The van der Waals surface area contributed by atoms with Gasteiger partial charge in [-0.3, -0.25) is 4.90 Å². The lowest BCUT2D eigenvalue weighted by atomic mass is 10.1. The minimum Gasteiger partial charge on any atom is -0.389 e. The number of aliphatic hydroxyl groups is 1. The summed E-state index contributed by atoms with van der Waals surface area (Å²) in [6.07, 6.45) is 3.57. The Morgan fingerprint density at radius 3 is 2.58 bits per heavy atom. The van der Waals surface area contributed by atoms with Gasteiger partial charge in [-0.15, -0.1) is 0 Å². The molecule has 2 atom stereocenters. The van der Waals surface area contributed by atoms with E-state index >= 15 is 0 Å². The highest BCUT2D eigenvalue weighted by Gasteiger charge is 2.16. The monoisotopic (exact) mass is 274 g/mol. The van der Waals surface area contributed by atoms with Gasteiger partial charge in [0, 0.05) is 26.2 Å². The molecule has 0 saturated carbocycles. The van der Waals surface area contributed by atoms with E-state index in [9.17, 15) is 5.11 Å². The Labute approximate surface area is 117 Å². The third kappa shape index (κ3) is 7.84. The minimum atomic E-state index is -0.439. The predicted octanol–water partition coefficient (Wildman–Crippen LogP) is 0.474. The number of rotatable bonds is 10. The second kappa shape index (κ2) is 10.6. The molecule has 114 valence electrons. The van der Waals surface area contributed by atoms with Crippen molar-refractivity contribution in [2.24, 2.45) is 0 Å². The average Bonchev–Trinajstić information content (AvgIpc) is 2.44. The number of hydrogen-bond donors (Lipinski definition) is 2. The molecule has 0 spiro atoms. The zero-order valence-electron chi connectivity index (χ0n) is 12.4. The Hall–Kier alpha value is -0.200. The first-order valence-corrected chi connectivity index (χ1v) is 7.43. The van der Waals surface area contributed by atoms with E-state index in [0.717, 1.165) is 6.54 Å². The van der Waals surface area contributed by atoms with Crippen molar-refractivity contribution in [2.45, 2.75) is 38.3 Å². The number of aliphatic hydroxyl groups excluding tert-OH is 1. The van der Waals surface area contributed by atoms with E-state index in [4.69, 9.17) is 9.47 Å². The van der Waals surface area contributed by atoms with Crippen molar-refractivity contribution in [3.05, 3.63) is 0 Å². The molecule has 0 aliphatic carbocycles. The summed E-state index contributed by atoms with van der Waals surface area (Å²) in [6.45, 7) is 7.68. The first kappa shape index (κ1) is 16.9. The highest BCUT2D eigenvalue weighted by Crippen LogP contribution is 2.11. The number of methoxy groups -OCH3 is 1. The molecule has 0 aromatic rings. The summed E-state index contributed by atoms with van der Waals surface area (Å²) in [5, 5.41) is 13.1. The largest absolute Gasteiger partial charge is 0.389 e. The summed E-state index contributed by atoms with van der Waals surface area (Å²) >= 11 is 0. The van der Waals surface area contributed by atoms with Gasteiger partial charge in [0.25, 0.3) is 0 Å². The number of piperidine rings is 1. The number of nitrogens with zero attached hydrogens (tertiary/aromatic N) is 1. The van der Waals surface area contributed by atoms with Gasteiger partial charge in [-0.1, -0.05) is 6.42 Å². The molecule has 1 heterocycles. The molecule has 1 rings (SSSR count). The van der Waals surface area contributed by atoms with Crippen LogP contribution < -0.4 is 5.32 Å². The van der Waals surface area contributed by atoms with E-state index in [-0.39, 0.29) is 0 Å². The van der Waals surface area contributed by atoms with Gasteiger partial charge in [0.05, 0.1) is 25.9 Å². The molecule has 1 aliphatic heterocycles. The van der Waals surface area contributed by atoms with Crippen LogP contribution in [0, 0.1) is 0 Å². The van der Waals surface area contributed by atoms with Gasteiger partial charge in [0.15, 0.2) is 0 Å². The average molecular weight is 274 g/mol. The van der Waals surface area contributed by atoms with Gasteiger partial charge < -0.3 is 19.9 Å². The summed E-state index contributed by atoms with van der Waals surface area (Å²) in [5.74, 6) is 0. The molecule has 0 amide bonds. The molecule has 5 nitrogen and oxygen atoms in total. The molecular weight excluding hydrogens is 244 g/mol. The van der Waals surface area contributed by atoms with Crippen LogP contribution in [0.4, 0.5) is 0 Å². The van der Waals surface area contributed by atoms with Crippen LogP contribution in [-0.2, 0) is 9.47 Å². The van der Waals surface area contributed by atoms with Gasteiger partial charge in [0.1, 0.15) is 0 Å². The van der Waals surface area contributed by atoms with Crippen LogP contribution in [0.2, 0.25) is 0 Å². The third-order valence-corrected chi connectivity index (χ3v) is 3.58. The van der Waals surface area contributed by atoms with Crippen LogP contribution in [0.25, 0.3) is 0 Å². The number of nitrogens with one attached hydrogen (secondary N) is 1. The maximum absolute atomic E-state index is 9.73. The first-order chi connectivity index (χ1) is 9.24. The fraction of sp³-hybridized carbons (Fsp3) is 1.00. The lowest BCUT2D eigenvalue weighted by Crippen LogP contribution is -2.44. The standard InChI is InChI=1S/C14H30N2O3/c1-13(16-6-4-3-5-7-16)10-15-11-14(17)12-19-9-8-18-2/h13-15,17H,3-12H2,1-2H3. The molecule has 19 heavy (non-hydrogen) atoms. The smallest absolute Gasteiger partial charge is 0.0897 e. The van der Waals surface area contributed by atoms with Crippen molar-refractivity contribution in [1.82, 2.24) is 10.2 Å². The Bertz CT molecular complexity index is 211. The fourth-order valence-electron chi connectivity index (χ4n) is 2.37. The first-order valence-electron chi connectivity index (χ1n) is 7.43. The molecule has 2 unspecified atom stereocenters. The molecule has 0 aromatic carbocycles. The van der Waals surface area contributed by atoms with E-state index in [0.29, 0.717) is 32.4 Å². The van der Waals surface area contributed by atoms with Crippen LogP contribution in [0.1, 0.15) is 26.2 Å². The fourth-order valence-corrected chi connectivity index (χ4v) is 2.37. The van der Waals surface area contributed by atoms with Crippen LogP contribution >= 0.6 is 0 Å². The van der Waals surface area contributed by atoms with Crippen LogP contribution in [-0.4, -0.2) is 75.3 Å². The molecule has 1 saturated heterocycles. The molecule has 1 fully saturated rings. The van der Waals surface area contributed by atoms with Gasteiger partial charge >= 0.3 is 0 Å². The predicted molar refractivity (Wildman–Crippen MR) is 76.5 cm³/mol. The summed E-state index contributed by atoms with van der Waals surface area (Å²) in [6, 6.07) is 0.543. The SMILES string of the molecule is COCCOCC(O)CNCC(C)N1CCCCC1. The van der Waals surface area contributed by atoms with E-state index in [1.54, 1.807) is 7.11 Å². The molecule has 1 aliphatic rings. The van der Waals surface area contributed by atoms with Crippen molar-refractivity contribution in [3.8, 4) is 0 Å². The number of ether oxygens (including phenoxy) is 2. The zero-order chi connectivity index (χ0) is 13.9. The van der Waals surface area contributed by atoms with Gasteiger partial charge in [-0.25, -0.2) is 0 Å². The maximum Gasteiger partial charge on any atom is 0.0897 e. The Morgan fingerprint density at radius 2 is 1.89 bits per heavy atom. The molecule has 0 aromatic heterocycles. The second-order valence-corrected chi connectivity index (χ2v) is 5.33. The normalized spacial score (nSPS) is 20.4. The van der Waals surface area contributed by atoms with Crippen molar-refractivity contribution >= 4 is 0 Å². The zero-order valence-corrected chi connectivity index (χ0v) is 12.4. The molecule has 0 bridgehead atoms. The van der Waals surface area contributed by atoms with Gasteiger partial charge in [0.2, 0.25) is 0 Å². The summed E-state index contributed by atoms with van der Waals surface area (Å²) in [5.41, 5.74) is 0. The molecule has 2 N–H and O–H groups in total. The van der Waals surface area contributed by atoms with Gasteiger partial charge in [-0.05, 0) is 32.9 Å².